The van der Waals surface area contributed by atoms with Gasteiger partial charge in [-0.2, -0.15) is 0 Å². The van der Waals surface area contributed by atoms with E-state index in [1.807, 2.05) is 6.92 Å². The van der Waals surface area contributed by atoms with Crippen molar-refractivity contribution in [2.45, 2.75) is 45.4 Å². The minimum absolute atomic E-state index is 0.116. The van der Waals surface area contributed by atoms with Gasteiger partial charge in [0.15, 0.2) is 0 Å². The minimum atomic E-state index is -0.116. The molecule has 0 aromatic rings. The number of carbonyl (C=O) groups excluding carboxylic acids is 2. The summed E-state index contributed by atoms with van der Waals surface area (Å²) >= 11 is 0. The van der Waals surface area contributed by atoms with Crippen molar-refractivity contribution in [1.29, 1.82) is 0 Å². The molecule has 0 aliphatic heterocycles. The van der Waals surface area contributed by atoms with Crippen LogP contribution in [-0.2, 0) is 14.3 Å². The number of unbranched alkanes of at least 4 members (excludes halogenated alkanes) is 1. The van der Waals surface area contributed by atoms with E-state index in [0.29, 0.717) is 18.9 Å². The average Bonchev–Trinajstić information content (AvgIpc) is 2.43. The highest BCUT2D eigenvalue weighted by Crippen LogP contribution is 2.27. The van der Waals surface area contributed by atoms with Crippen LogP contribution in [0.1, 0.15) is 45.4 Å². The van der Waals surface area contributed by atoms with Gasteiger partial charge in [0.2, 0.25) is 0 Å². The van der Waals surface area contributed by atoms with E-state index in [9.17, 15) is 9.59 Å². The number of esters is 1. The Morgan fingerprint density at radius 2 is 2.11 bits per heavy atom. The maximum atomic E-state index is 11.1. The number of hydrogen-bond donors (Lipinski definition) is 0. The predicted octanol–water partition coefficient (Wildman–Crippen LogP) is 3.45. The minimum Gasteiger partial charge on any atom is -0.466 e. The summed E-state index contributed by atoms with van der Waals surface area (Å²) in [7, 11) is 0. The molecule has 0 N–H and O–H groups in total. The molecule has 19 heavy (non-hydrogen) atoms. The van der Waals surface area contributed by atoms with Gasteiger partial charge in [-0.3, -0.25) is 4.79 Å². The monoisotopic (exact) mass is 264 g/mol. The molecule has 0 aromatic heterocycles. The average molecular weight is 264 g/mol. The maximum Gasteiger partial charge on any atom is 0.305 e. The summed E-state index contributed by atoms with van der Waals surface area (Å²) in [5.41, 5.74) is 0. The standard InChI is InChI=1S/C16H24O3/c1-2-19-16(18)12-6-4-3-5-9-14-10-7-8-11-15(14)13-17/h3,5,7-8,13-15H,2,4,6,9-12H2,1H3/t14-,15+/m0/s1. The third-order valence-corrected chi connectivity index (χ3v) is 3.46. The fraction of sp³-hybridized carbons (Fsp3) is 0.625. The zero-order valence-corrected chi connectivity index (χ0v) is 11.7. The number of carbonyl (C=O) groups is 2. The SMILES string of the molecule is CCOC(=O)CCCC=CC[C@H]1CC=CC[C@@H]1C=O. The molecule has 0 saturated carbocycles. The van der Waals surface area contributed by atoms with Gasteiger partial charge in [-0.05, 0) is 44.9 Å². The van der Waals surface area contributed by atoms with Gasteiger partial charge < -0.3 is 9.53 Å². The van der Waals surface area contributed by atoms with Crippen LogP contribution in [0.2, 0.25) is 0 Å². The van der Waals surface area contributed by atoms with Gasteiger partial charge in [0.1, 0.15) is 6.29 Å². The van der Waals surface area contributed by atoms with Crippen molar-refractivity contribution in [3.05, 3.63) is 24.3 Å². The lowest BCUT2D eigenvalue weighted by atomic mass is 9.82. The Balaban J connectivity index is 2.14. The van der Waals surface area contributed by atoms with Gasteiger partial charge in [-0.1, -0.05) is 24.3 Å². The van der Waals surface area contributed by atoms with Crippen molar-refractivity contribution >= 4 is 12.3 Å². The highest BCUT2D eigenvalue weighted by atomic mass is 16.5. The molecule has 0 radical (unpaired) electrons. The van der Waals surface area contributed by atoms with Gasteiger partial charge in [0.25, 0.3) is 0 Å². The Morgan fingerprint density at radius 1 is 1.32 bits per heavy atom. The molecule has 1 aliphatic rings. The molecule has 106 valence electrons. The molecule has 0 saturated heterocycles. The second kappa shape index (κ2) is 9.54. The van der Waals surface area contributed by atoms with Gasteiger partial charge >= 0.3 is 5.97 Å². The van der Waals surface area contributed by atoms with E-state index in [0.717, 1.165) is 38.4 Å². The van der Waals surface area contributed by atoms with E-state index in [4.69, 9.17) is 4.74 Å². The maximum absolute atomic E-state index is 11.1. The zero-order valence-electron chi connectivity index (χ0n) is 11.7. The first-order valence-electron chi connectivity index (χ1n) is 7.18. The summed E-state index contributed by atoms with van der Waals surface area (Å²) < 4.78 is 4.86. The van der Waals surface area contributed by atoms with Crippen LogP contribution >= 0.6 is 0 Å². The van der Waals surface area contributed by atoms with Gasteiger partial charge in [0, 0.05) is 12.3 Å². The van der Waals surface area contributed by atoms with Crippen molar-refractivity contribution in [3.8, 4) is 0 Å². The lowest BCUT2D eigenvalue weighted by molar-refractivity contribution is -0.143. The lowest BCUT2D eigenvalue weighted by Gasteiger charge is -2.22. The number of hydrogen-bond acceptors (Lipinski definition) is 3. The molecule has 0 aromatic carbocycles. The first-order valence-corrected chi connectivity index (χ1v) is 7.18. The molecule has 0 heterocycles. The Labute approximate surface area is 115 Å². The van der Waals surface area contributed by atoms with Crippen molar-refractivity contribution in [3.63, 3.8) is 0 Å². The van der Waals surface area contributed by atoms with E-state index < -0.39 is 0 Å². The Kier molecular flexibility index (Phi) is 7.87. The Bertz CT molecular complexity index is 331. The number of rotatable bonds is 8. The van der Waals surface area contributed by atoms with E-state index in [1.54, 1.807) is 0 Å². The summed E-state index contributed by atoms with van der Waals surface area (Å²) in [6, 6.07) is 0. The third kappa shape index (κ3) is 6.37. The van der Waals surface area contributed by atoms with Crippen LogP contribution in [0.5, 0.6) is 0 Å². The Morgan fingerprint density at radius 3 is 2.84 bits per heavy atom. The number of aldehydes is 1. The smallest absolute Gasteiger partial charge is 0.305 e. The highest BCUT2D eigenvalue weighted by molar-refractivity contribution is 5.69. The van der Waals surface area contributed by atoms with Crippen LogP contribution < -0.4 is 0 Å². The Hall–Kier alpha value is -1.38. The molecule has 0 fully saturated rings. The first kappa shape index (κ1) is 15.7. The van der Waals surface area contributed by atoms with E-state index in [2.05, 4.69) is 24.3 Å². The van der Waals surface area contributed by atoms with Crippen molar-refractivity contribution < 1.29 is 14.3 Å². The molecule has 3 nitrogen and oxygen atoms in total. The van der Waals surface area contributed by atoms with Crippen molar-refractivity contribution in [2.75, 3.05) is 6.61 Å². The molecule has 0 spiro atoms. The summed E-state index contributed by atoms with van der Waals surface area (Å²) in [5, 5.41) is 0. The van der Waals surface area contributed by atoms with Crippen LogP contribution in [0.15, 0.2) is 24.3 Å². The van der Waals surface area contributed by atoms with Crippen LogP contribution in [-0.4, -0.2) is 18.9 Å². The quantitative estimate of drug-likeness (QED) is 0.292. The van der Waals surface area contributed by atoms with Gasteiger partial charge in [0.05, 0.1) is 6.61 Å². The highest BCUT2D eigenvalue weighted by Gasteiger charge is 2.20. The van der Waals surface area contributed by atoms with Crippen LogP contribution in [0.25, 0.3) is 0 Å². The summed E-state index contributed by atoms with van der Waals surface area (Å²) in [6.45, 7) is 2.27. The van der Waals surface area contributed by atoms with Crippen LogP contribution in [0.4, 0.5) is 0 Å². The molecule has 0 amide bonds. The molecular weight excluding hydrogens is 240 g/mol. The first-order chi connectivity index (χ1) is 9.27. The van der Waals surface area contributed by atoms with Crippen LogP contribution in [0.3, 0.4) is 0 Å². The second-order valence-corrected chi connectivity index (χ2v) is 4.91. The van der Waals surface area contributed by atoms with Crippen LogP contribution in [0, 0.1) is 11.8 Å². The topological polar surface area (TPSA) is 43.4 Å². The fourth-order valence-corrected chi connectivity index (χ4v) is 2.32. The number of ether oxygens (including phenoxy) is 1. The second-order valence-electron chi connectivity index (χ2n) is 4.91. The zero-order chi connectivity index (χ0) is 13.9. The fourth-order valence-electron chi connectivity index (χ4n) is 2.32. The molecule has 2 atom stereocenters. The predicted molar refractivity (Wildman–Crippen MR) is 75.7 cm³/mol. The van der Waals surface area contributed by atoms with Crippen molar-refractivity contribution in [2.24, 2.45) is 11.8 Å². The molecular formula is C16H24O3. The largest absolute Gasteiger partial charge is 0.466 e. The molecule has 3 heteroatoms. The van der Waals surface area contributed by atoms with Gasteiger partial charge in [-0.25, -0.2) is 0 Å². The van der Waals surface area contributed by atoms with Gasteiger partial charge in [-0.15, -0.1) is 0 Å². The molecule has 0 bridgehead atoms. The normalized spacial score (nSPS) is 22.6. The summed E-state index contributed by atoms with van der Waals surface area (Å²) in [5.74, 6) is 0.507. The molecule has 1 rings (SSSR count). The lowest BCUT2D eigenvalue weighted by Crippen LogP contribution is -2.17. The van der Waals surface area contributed by atoms with Crippen molar-refractivity contribution in [1.82, 2.24) is 0 Å². The molecule has 0 unspecified atom stereocenters. The third-order valence-electron chi connectivity index (χ3n) is 3.46. The number of allylic oxidation sites excluding steroid dienone is 4. The van der Waals surface area contributed by atoms with E-state index in [-0.39, 0.29) is 11.9 Å². The summed E-state index contributed by atoms with van der Waals surface area (Å²) in [6.07, 6.45) is 14.6. The molecule has 1 aliphatic carbocycles. The van der Waals surface area contributed by atoms with E-state index >= 15 is 0 Å². The summed E-state index contributed by atoms with van der Waals surface area (Å²) in [4.78, 5) is 22.0. The van der Waals surface area contributed by atoms with E-state index in [1.165, 1.54) is 0 Å².